The van der Waals surface area contributed by atoms with Gasteiger partial charge in [0.25, 0.3) is 10.1 Å². The van der Waals surface area contributed by atoms with Gasteiger partial charge in [0.2, 0.25) is 9.05 Å². The third-order valence-electron chi connectivity index (χ3n) is 4.65. The molecule has 2 heterocycles. The zero-order valence-corrected chi connectivity index (χ0v) is 25.4. The maximum Gasteiger partial charge on any atom is 0.410 e. The van der Waals surface area contributed by atoms with Crippen LogP contribution in [0.25, 0.3) is 0 Å². The summed E-state index contributed by atoms with van der Waals surface area (Å²) in [5.41, 5.74) is -0.952. The van der Waals surface area contributed by atoms with Crippen LogP contribution in [0, 0.1) is 11.8 Å². The summed E-state index contributed by atoms with van der Waals surface area (Å²) in [6, 6.07) is 0. The summed E-state index contributed by atoms with van der Waals surface area (Å²) in [7, 11) is -2.10. The predicted octanol–water partition coefficient (Wildman–Crippen LogP) is 2.64. The van der Waals surface area contributed by atoms with Crippen LogP contribution in [-0.4, -0.2) is 107 Å². The van der Waals surface area contributed by atoms with Crippen molar-refractivity contribution in [1.29, 1.82) is 0 Å². The second-order valence-electron chi connectivity index (χ2n) is 11.0. The van der Waals surface area contributed by atoms with Crippen LogP contribution in [0.4, 0.5) is 9.59 Å². The molecule has 0 spiro atoms. The number of carbonyl (C=O) groups excluding carboxylic acids is 2. The molecule has 0 aromatic heterocycles. The molecule has 2 aliphatic rings. The van der Waals surface area contributed by atoms with Crippen LogP contribution in [0.2, 0.25) is 0 Å². The Bertz CT molecular complexity index is 935. The quantitative estimate of drug-likeness (QED) is 0.379. The summed E-state index contributed by atoms with van der Waals surface area (Å²) < 4.78 is 55.7. The van der Waals surface area contributed by atoms with E-state index in [0.717, 1.165) is 25.4 Å². The zero-order chi connectivity index (χ0) is 29.2. The van der Waals surface area contributed by atoms with Gasteiger partial charge < -0.3 is 24.4 Å². The van der Waals surface area contributed by atoms with E-state index in [1.165, 1.54) is 0 Å². The molecule has 2 amide bonds. The Morgan fingerprint density at radius 2 is 1.19 bits per heavy atom. The third kappa shape index (κ3) is 20.3. The smallest absolute Gasteiger partial charge is 0.410 e. The number of aliphatic hydroxyl groups excluding tert-OH is 1. The number of halogens is 1. The van der Waals surface area contributed by atoms with E-state index >= 15 is 0 Å². The number of aliphatic hydroxyl groups is 1. The highest BCUT2D eigenvalue weighted by Gasteiger charge is 2.31. The lowest BCUT2D eigenvalue weighted by Gasteiger charge is -2.24. The molecule has 15 heteroatoms. The van der Waals surface area contributed by atoms with Crippen molar-refractivity contribution >= 4 is 42.0 Å². The number of hydrogen-bond donors (Lipinski definition) is 1. The normalized spacial score (nSPS) is 20.4. The standard InChI is InChI=1S/C11H21NO5S.C10H19NO3.CH3ClO2S/c1-11(2,3)17-10(13)12-6-5-9(7-12)8-16-18(4,14)15;1-10(2,3)14-9(13)11-5-4-8(6-11)7-12;1-5(2,3)4/h9H,5-8H2,1-4H3;8,12H,4-7H2,1-3H3;1H3/t9-;8-;/m11./s1. The van der Waals surface area contributed by atoms with Gasteiger partial charge in [0, 0.05) is 55.3 Å². The summed E-state index contributed by atoms with van der Waals surface area (Å²) in [5, 5.41) is 8.92. The molecule has 2 atom stereocenters. The Hall–Kier alpha value is -1.35. The average Bonchev–Trinajstić information content (AvgIpc) is 3.32. The van der Waals surface area contributed by atoms with E-state index in [4.69, 9.17) is 18.8 Å². The van der Waals surface area contributed by atoms with Crippen molar-refractivity contribution in [2.75, 3.05) is 51.9 Å². The van der Waals surface area contributed by atoms with Crippen molar-refractivity contribution in [3.63, 3.8) is 0 Å². The minimum atomic E-state index is -3.41. The van der Waals surface area contributed by atoms with Gasteiger partial charge in [-0.25, -0.2) is 18.0 Å². The largest absolute Gasteiger partial charge is 0.444 e. The maximum absolute atomic E-state index is 11.8. The van der Waals surface area contributed by atoms with Crippen molar-refractivity contribution in [3.05, 3.63) is 0 Å². The minimum Gasteiger partial charge on any atom is -0.444 e. The van der Waals surface area contributed by atoms with Crippen LogP contribution in [-0.2, 0) is 32.8 Å². The van der Waals surface area contributed by atoms with E-state index in [-0.39, 0.29) is 37.2 Å². The van der Waals surface area contributed by atoms with Crippen molar-refractivity contribution in [1.82, 2.24) is 9.80 Å². The fourth-order valence-corrected chi connectivity index (χ4v) is 3.59. The van der Waals surface area contributed by atoms with E-state index in [0.29, 0.717) is 26.2 Å². The van der Waals surface area contributed by atoms with Crippen LogP contribution >= 0.6 is 10.7 Å². The molecule has 2 fully saturated rings. The first-order chi connectivity index (χ1) is 16.5. The Balaban J connectivity index is 0.000000605. The van der Waals surface area contributed by atoms with E-state index in [1.807, 2.05) is 41.5 Å². The second kappa shape index (κ2) is 14.7. The molecule has 12 nitrogen and oxygen atoms in total. The van der Waals surface area contributed by atoms with Crippen molar-refractivity contribution < 1.29 is 45.2 Å². The average molecular weight is 595 g/mol. The molecule has 1 N–H and O–H groups in total. The lowest BCUT2D eigenvalue weighted by Crippen LogP contribution is -2.35. The van der Waals surface area contributed by atoms with Crippen LogP contribution in [0.1, 0.15) is 54.4 Å². The SMILES string of the molecule is CC(C)(C)OC(=O)N1CC[C@@H](CO)C1.CC(C)(C)OC(=O)N1CC[C@@H](COS(C)(=O)=O)C1.CS(=O)(=O)Cl. The van der Waals surface area contributed by atoms with Gasteiger partial charge in [0.1, 0.15) is 11.2 Å². The van der Waals surface area contributed by atoms with Crippen molar-refractivity contribution in [3.8, 4) is 0 Å². The lowest BCUT2D eigenvalue weighted by molar-refractivity contribution is 0.0273. The van der Waals surface area contributed by atoms with Gasteiger partial charge in [0.15, 0.2) is 0 Å². The molecule has 220 valence electrons. The lowest BCUT2D eigenvalue weighted by atomic mass is 10.1. The molecule has 2 saturated heterocycles. The molecule has 0 aromatic rings. The second-order valence-corrected chi connectivity index (χ2v) is 15.7. The number of nitrogens with zero attached hydrogens (tertiary/aromatic N) is 2. The van der Waals surface area contributed by atoms with E-state index in [1.54, 1.807) is 9.80 Å². The van der Waals surface area contributed by atoms with Crippen molar-refractivity contribution in [2.45, 2.75) is 65.6 Å². The Morgan fingerprint density at radius 3 is 1.49 bits per heavy atom. The Kier molecular flexibility index (Phi) is 14.2. The molecular formula is C22H43ClN2O10S2. The maximum atomic E-state index is 11.8. The third-order valence-corrected chi connectivity index (χ3v) is 5.22. The Labute approximate surface area is 226 Å². The molecule has 0 unspecified atom stereocenters. The highest BCUT2D eigenvalue weighted by molar-refractivity contribution is 8.13. The van der Waals surface area contributed by atoms with Gasteiger partial charge in [0.05, 0.1) is 19.1 Å². The molecule has 0 aromatic carbocycles. The van der Waals surface area contributed by atoms with Crippen molar-refractivity contribution in [2.24, 2.45) is 11.8 Å². The number of rotatable bonds is 4. The fraction of sp³-hybridized carbons (Fsp3) is 0.909. The molecule has 0 radical (unpaired) electrons. The first-order valence-electron chi connectivity index (χ1n) is 11.8. The van der Waals surface area contributed by atoms with Gasteiger partial charge >= 0.3 is 12.2 Å². The van der Waals surface area contributed by atoms with E-state index < -0.39 is 30.4 Å². The molecule has 0 aliphatic carbocycles. The number of carbonyl (C=O) groups is 2. The predicted molar refractivity (Wildman–Crippen MR) is 140 cm³/mol. The summed E-state index contributed by atoms with van der Waals surface area (Å²) in [5.74, 6) is 0.273. The zero-order valence-electron chi connectivity index (χ0n) is 23.0. The highest BCUT2D eigenvalue weighted by atomic mass is 35.7. The van der Waals surface area contributed by atoms with Gasteiger partial charge in [-0.15, -0.1) is 0 Å². The minimum absolute atomic E-state index is 0.0484. The summed E-state index contributed by atoms with van der Waals surface area (Å²) in [6.07, 6.45) is 2.92. The van der Waals surface area contributed by atoms with Crippen LogP contribution < -0.4 is 0 Å². The monoisotopic (exact) mass is 594 g/mol. The fourth-order valence-electron chi connectivity index (χ4n) is 3.15. The number of hydrogen-bond acceptors (Lipinski definition) is 10. The van der Waals surface area contributed by atoms with Gasteiger partial charge in [-0.3, -0.25) is 4.18 Å². The first kappa shape index (κ1) is 35.6. The summed E-state index contributed by atoms with van der Waals surface area (Å²) in [6.45, 7) is 13.6. The summed E-state index contributed by atoms with van der Waals surface area (Å²) in [4.78, 5) is 26.5. The van der Waals surface area contributed by atoms with E-state index in [2.05, 4.69) is 10.7 Å². The number of amides is 2. The highest BCUT2D eigenvalue weighted by Crippen LogP contribution is 2.20. The molecule has 0 bridgehead atoms. The molecule has 2 aliphatic heterocycles. The topological polar surface area (TPSA) is 157 Å². The van der Waals surface area contributed by atoms with Gasteiger partial charge in [-0.2, -0.15) is 8.42 Å². The molecule has 2 rings (SSSR count). The number of likely N-dealkylation sites (tertiary alicyclic amines) is 2. The van der Waals surface area contributed by atoms with Crippen LogP contribution in [0.5, 0.6) is 0 Å². The summed E-state index contributed by atoms with van der Waals surface area (Å²) >= 11 is 0. The van der Waals surface area contributed by atoms with Gasteiger partial charge in [-0.05, 0) is 54.4 Å². The van der Waals surface area contributed by atoms with E-state index in [9.17, 15) is 26.4 Å². The first-order valence-corrected chi connectivity index (χ1v) is 16.3. The van der Waals surface area contributed by atoms with Gasteiger partial charge in [-0.1, -0.05) is 0 Å². The molecular weight excluding hydrogens is 552 g/mol. The number of ether oxygens (including phenoxy) is 2. The Morgan fingerprint density at radius 1 is 0.838 bits per heavy atom. The van der Waals surface area contributed by atoms with Crippen LogP contribution in [0.15, 0.2) is 0 Å². The molecule has 0 saturated carbocycles. The van der Waals surface area contributed by atoms with Crippen LogP contribution in [0.3, 0.4) is 0 Å². The molecule has 37 heavy (non-hydrogen) atoms.